The molecule has 5 heteroatoms. The number of pyridine rings is 1. The first kappa shape index (κ1) is 15.1. The summed E-state index contributed by atoms with van der Waals surface area (Å²) in [6, 6.07) is 6.09. The normalized spacial score (nSPS) is 27.4. The highest BCUT2D eigenvalue weighted by Gasteiger charge is 2.55. The SMILES string of the molecule is CCOC1CC(O)C12CCN(Cc1cnc3ccccn13)CC2. The molecule has 2 aromatic rings. The molecule has 4 rings (SSSR count). The molecule has 0 aromatic carbocycles. The maximum atomic E-state index is 10.3. The van der Waals surface area contributed by atoms with Crippen LogP contribution in [0.25, 0.3) is 5.65 Å². The molecule has 0 radical (unpaired) electrons. The van der Waals surface area contributed by atoms with Crippen LogP contribution in [0.5, 0.6) is 0 Å². The fourth-order valence-corrected chi connectivity index (χ4v) is 4.28. The third kappa shape index (κ3) is 2.47. The molecule has 124 valence electrons. The molecular weight excluding hydrogens is 290 g/mol. The van der Waals surface area contributed by atoms with Gasteiger partial charge in [0.25, 0.3) is 0 Å². The van der Waals surface area contributed by atoms with Crippen molar-refractivity contribution in [1.29, 1.82) is 0 Å². The van der Waals surface area contributed by atoms with Crippen molar-refractivity contribution in [3.8, 4) is 0 Å². The first-order valence-corrected chi connectivity index (χ1v) is 8.66. The lowest BCUT2D eigenvalue weighted by Gasteiger charge is -2.56. The second kappa shape index (κ2) is 5.89. The van der Waals surface area contributed by atoms with Gasteiger partial charge in [-0.05, 0) is 45.0 Å². The topological polar surface area (TPSA) is 50.0 Å². The highest BCUT2D eigenvalue weighted by atomic mass is 16.5. The van der Waals surface area contributed by atoms with E-state index in [-0.39, 0.29) is 17.6 Å². The summed E-state index contributed by atoms with van der Waals surface area (Å²) in [4.78, 5) is 6.93. The molecule has 1 saturated heterocycles. The minimum absolute atomic E-state index is 0.00594. The lowest BCUT2D eigenvalue weighted by Crippen LogP contribution is -2.62. The number of aliphatic hydroxyl groups is 1. The second-order valence-electron chi connectivity index (χ2n) is 6.88. The van der Waals surface area contributed by atoms with Gasteiger partial charge in [0, 0.05) is 31.2 Å². The smallest absolute Gasteiger partial charge is 0.136 e. The van der Waals surface area contributed by atoms with Crippen molar-refractivity contribution in [2.75, 3.05) is 19.7 Å². The van der Waals surface area contributed by atoms with Crippen molar-refractivity contribution < 1.29 is 9.84 Å². The van der Waals surface area contributed by atoms with Crippen LogP contribution < -0.4 is 0 Å². The molecule has 1 aliphatic carbocycles. The molecular formula is C18H25N3O2. The molecule has 1 N–H and O–H groups in total. The van der Waals surface area contributed by atoms with E-state index in [1.807, 2.05) is 31.3 Å². The highest BCUT2D eigenvalue weighted by molar-refractivity contribution is 5.39. The zero-order chi connectivity index (χ0) is 15.9. The Kier molecular flexibility index (Phi) is 3.87. The van der Waals surface area contributed by atoms with E-state index in [0.29, 0.717) is 0 Å². The van der Waals surface area contributed by atoms with Crippen LogP contribution in [0.1, 0.15) is 31.9 Å². The zero-order valence-electron chi connectivity index (χ0n) is 13.7. The molecule has 2 fully saturated rings. The summed E-state index contributed by atoms with van der Waals surface area (Å²) in [6.45, 7) is 5.72. The molecule has 5 nitrogen and oxygen atoms in total. The van der Waals surface area contributed by atoms with Crippen LogP contribution in [-0.2, 0) is 11.3 Å². The first-order valence-electron chi connectivity index (χ1n) is 8.66. The number of nitrogens with zero attached hydrogens (tertiary/aromatic N) is 3. The Hall–Kier alpha value is -1.43. The number of likely N-dealkylation sites (tertiary alicyclic amines) is 1. The summed E-state index contributed by atoms with van der Waals surface area (Å²) in [7, 11) is 0. The van der Waals surface area contributed by atoms with E-state index in [2.05, 4.69) is 20.5 Å². The van der Waals surface area contributed by atoms with Crippen molar-refractivity contribution in [3.63, 3.8) is 0 Å². The van der Waals surface area contributed by atoms with Crippen molar-refractivity contribution >= 4 is 5.65 Å². The first-order chi connectivity index (χ1) is 11.2. The minimum Gasteiger partial charge on any atom is -0.392 e. The molecule has 1 spiro atoms. The average Bonchev–Trinajstić information content (AvgIpc) is 2.99. The largest absolute Gasteiger partial charge is 0.392 e. The van der Waals surface area contributed by atoms with Gasteiger partial charge in [-0.25, -0.2) is 4.98 Å². The number of aromatic nitrogens is 2. The van der Waals surface area contributed by atoms with E-state index in [1.165, 1.54) is 5.69 Å². The van der Waals surface area contributed by atoms with E-state index in [9.17, 15) is 5.11 Å². The monoisotopic (exact) mass is 315 g/mol. The quantitative estimate of drug-likeness (QED) is 0.938. The van der Waals surface area contributed by atoms with Crippen LogP contribution in [0.3, 0.4) is 0 Å². The maximum absolute atomic E-state index is 10.3. The molecule has 2 atom stereocenters. The summed E-state index contributed by atoms with van der Waals surface area (Å²) < 4.78 is 8.01. The summed E-state index contributed by atoms with van der Waals surface area (Å²) in [5.41, 5.74) is 2.24. The molecule has 0 bridgehead atoms. The van der Waals surface area contributed by atoms with Crippen molar-refractivity contribution in [1.82, 2.24) is 14.3 Å². The number of imidazole rings is 1. The number of hydrogen-bond donors (Lipinski definition) is 1. The van der Waals surface area contributed by atoms with Gasteiger partial charge in [0.2, 0.25) is 0 Å². The molecule has 1 saturated carbocycles. The number of piperidine rings is 1. The third-order valence-corrected chi connectivity index (χ3v) is 5.78. The van der Waals surface area contributed by atoms with Crippen molar-refractivity contribution in [2.45, 2.75) is 44.9 Å². The summed E-state index contributed by atoms with van der Waals surface area (Å²) in [5, 5.41) is 10.3. The predicted molar refractivity (Wildman–Crippen MR) is 88.2 cm³/mol. The number of aliphatic hydroxyl groups excluding tert-OH is 1. The van der Waals surface area contributed by atoms with Gasteiger partial charge in [0.05, 0.1) is 24.1 Å². The summed E-state index contributed by atoms with van der Waals surface area (Å²) in [6.07, 6.45) is 6.97. The van der Waals surface area contributed by atoms with E-state index in [1.54, 1.807) is 0 Å². The third-order valence-electron chi connectivity index (χ3n) is 5.78. The number of hydrogen-bond acceptors (Lipinski definition) is 4. The van der Waals surface area contributed by atoms with Crippen LogP contribution in [-0.4, -0.2) is 51.3 Å². The van der Waals surface area contributed by atoms with Gasteiger partial charge in [-0.15, -0.1) is 0 Å². The highest BCUT2D eigenvalue weighted by Crippen LogP contribution is 2.51. The van der Waals surface area contributed by atoms with E-state index >= 15 is 0 Å². The van der Waals surface area contributed by atoms with Gasteiger partial charge in [-0.1, -0.05) is 6.07 Å². The van der Waals surface area contributed by atoms with Crippen LogP contribution >= 0.6 is 0 Å². The summed E-state index contributed by atoms with van der Waals surface area (Å²) >= 11 is 0. The Labute approximate surface area is 136 Å². The maximum Gasteiger partial charge on any atom is 0.136 e. The Balaban J connectivity index is 1.42. The van der Waals surface area contributed by atoms with Gasteiger partial charge >= 0.3 is 0 Å². The molecule has 2 aliphatic rings. The van der Waals surface area contributed by atoms with Crippen LogP contribution in [0, 0.1) is 5.41 Å². The van der Waals surface area contributed by atoms with Crippen molar-refractivity contribution in [2.24, 2.45) is 5.41 Å². The van der Waals surface area contributed by atoms with Crippen LogP contribution in [0.2, 0.25) is 0 Å². The molecule has 1 aliphatic heterocycles. The fraction of sp³-hybridized carbons (Fsp3) is 0.611. The molecule has 2 aromatic heterocycles. The average molecular weight is 315 g/mol. The number of rotatable bonds is 4. The Morgan fingerprint density at radius 3 is 2.91 bits per heavy atom. The molecule has 3 heterocycles. The lowest BCUT2D eigenvalue weighted by molar-refractivity contribution is -0.210. The van der Waals surface area contributed by atoms with E-state index < -0.39 is 0 Å². The van der Waals surface area contributed by atoms with E-state index in [0.717, 1.165) is 51.2 Å². The van der Waals surface area contributed by atoms with Crippen LogP contribution in [0.15, 0.2) is 30.6 Å². The van der Waals surface area contributed by atoms with Gasteiger partial charge < -0.3 is 14.2 Å². The van der Waals surface area contributed by atoms with Gasteiger partial charge in [0.15, 0.2) is 0 Å². The van der Waals surface area contributed by atoms with Gasteiger partial charge in [-0.3, -0.25) is 4.90 Å². The Bertz CT molecular complexity index is 674. The predicted octanol–water partition coefficient (Wildman–Crippen LogP) is 2.09. The number of ether oxygens (including phenoxy) is 1. The standard InChI is InChI=1S/C18H25N3O2/c1-2-23-16-11-15(22)18(16)6-9-20(10-7-18)13-14-12-19-17-5-3-4-8-21(14)17/h3-5,8,12,15-16,22H,2,6-7,9-11,13H2,1H3. The molecule has 23 heavy (non-hydrogen) atoms. The van der Waals surface area contributed by atoms with E-state index in [4.69, 9.17) is 4.74 Å². The molecule has 2 unspecified atom stereocenters. The minimum atomic E-state index is -0.183. The van der Waals surface area contributed by atoms with Crippen LogP contribution in [0.4, 0.5) is 0 Å². The summed E-state index contributed by atoms with van der Waals surface area (Å²) in [5.74, 6) is 0. The molecule has 0 amide bonds. The van der Waals surface area contributed by atoms with Gasteiger partial charge in [0.1, 0.15) is 5.65 Å². The Morgan fingerprint density at radius 1 is 1.35 bits per heavy atom. The number of fused-ring (bicyclic) bond motifs is 1. The zero-order valence-corrected chi connectivity index (χ0v) is 13.7. The second-order valence-corrected chi connectivity index (χ2v) is 6.88. The van der Waals surface area contributed by atoms with Gasteiger partial charge in [-0.2, -0.15) is 0 Å². The van der Waals surface area contributed by atoms with Crippen molar-refractivity contribution in [3.05, 3.63) is 36.3 Å². The fourth-order valence-electron chi connectivity index (χ4n) is 4.28. The lowest BCUT2D eigenvalue weighted by atomic mass is 9.58. The Morgan fingerprint density at radius 2 is 2.17 bits per heavy atom.